The largest absolute Gasteiger partial charge is 0.390 e. The first kappa shape index (κ1) is 21.0. The molecule has 3 aliphatic heterocycles. The van der Waals surface area contributed by atoms with Crippen molar-refractivity contribution >= 4 is 0 Å². The number of ether oxygens (including phenoxy) is 2. The fourth-order valence-corrected chi connectivity index (χ4v) is 6.22. The second kappa shape index (κ2) is 7.49. The predicted molar refractivity (Wildman–Crippen MR) is 109 cm³/mol. The maximum Gasteiger partial charge on any atom is 0.0924 e. The molecule has 4 aliphatic rings. The summed E-state index contributed by atoms with van der Waals surface area (Å²) in [6.07, 6.45) is 10.3. The van der Waals surface area contributed by atoms with Crippen LogP contribution in [0.3, 0.4) is 0 Å². The highest BCUT2D eigenvalue weighted by molar-refractivity contribution is 5.03. The van der Waals surface area contributed by atoms with E-state index < -0.39 is 17.3 Å². The second-order valence-electron chi connectivity index (χ2n) is 11.1. The Kier molecular flexibility index (Phi) is 5.63. The third-order valence-electron chi connectivity index (χ3n) is 8.32. The molecule has 1 saturated carbocycles. The average Bonchev–Trinajstić information content (AvgIpc) is 3.06. The summed E-state index contributed by atoms with van der Waals surface area (Å²) >= 11 is 0. The number of hydrogen-bond acceptors (Lipinski definition) is 5. The van der Waals surface area contributed by atoms with E-state index in [0.717, 1.165) is 71.2 Å². The van der Waals surface area contributed by atoms with Crippen LogP contribution < -0.4 is 0 Å². The van der Waals surface area contributed by atoms with Gasteiger partial charge in [0.25, 0.3) is 0 Å². The van der Waals surface area contributed by atoms with Crippen LogP contribution in [0.15, 0.2) is 0 Å². The Balaban J connectivity index is 1.32. The Morgan fingerprint density at radius 3 is 2.29 bits per heavy atom. The third kappa shape index (κ3) is 4.15. The van der Waals surface area contributed by atoms with Gasteiger partial charge < -0.3 is 24.6 Å². The van der Waals surface area contributed by atoms with Gasteiger partial charge in [0.2, 0.25) is 0 Å². The lowest BCUT2D eigenvalue weighted by atomic mass is 9.72. The van der Waals surface area contributed by atoms with Crippen molar-refractivity contribution in [2.24, 2.45) is 5.41 Å². The molecule has 0 unspecified atom stereocenters. The molecule has 3 saturated heterocycles. The van der Waals surface area contributed by atoms with Gasteiger partial charge in [0, 0.05) is 6.54 Å². The lowest BCUT2D eigenvalue weighted by molar-refractivity contribution is -0.245. The Morgan fingerprint density at radius 2 is 1.64 bits per heavy atom. The summed E-state index contributed by atoms with van der Waals surface area (Å²) in [5.41, 5.74) is -0.998. The van der Waals surface area contributed by atoms with Crippen molar-refractivity contribution in [1.82, 2.24) is 4.90 Å². The fourth-order valence-electron chi connectivity index (χ4n) is 6.22. The van der Waals surface area contributed by atoms with Gasteiger partial charge in [0.1, 0.15) is 0 Å². The van der Waals surface area contributed by atoms with Crippen LogP contribution in [0.4, 0.5) is 0 Å². The predicted octanol–water partition coefficient (Wildman–Crippen LogP) is 3.26. The van der Waals surface area contributed by atoms with E-state index >= 15 is 0 Å². The maximum atomic E-state index is 10.9. The zero-order valence-electron chi connectivity index (χ0n) is 18.2. The van der Waals surface area contributed by atoms with Gasteiger partial charge in [-0.2, -0.15) is 0 Å². The molecule has 4 fully saturated rings. The summed E-state index contributed by atoms with van der Waals surface area (Å²) in [6.45, 7) is 9.99. The van der Waals surface area contributed by atoms with Gasteiger partial charge in [-0.25, -0.2) is 0 Å². The van der Waals surface area contributed by atoms with E-state index in [0.29, 0.717) is 0 Å². The highest BCUT2D eigenvalue weighted by Crippen LogP contribution is 2.49. The highest BCUT2D eigenvalue weighted by atomic mass is 16.6. The van der Waals surface area contributed by atoms with E-state index in [-0.39, 0.29) is 17.1 Å². The molecule has 1 spiro atoms. The zero-order chi connectivity index (χ0) is 20.0. The number of β-amino-alcohol motifs (C(OH)–C–C–N with tert-alkyl or cyclic N) is 1. The zero-order valence-corrected chi connectivity index (χ0v) is 18.2. The Hall–Kier alpha value is -0.200. The van der Waals surface area contributed by atoms with Crippen LogP contribution in [0.1, 0.15) is 85.0 Å². The van der Waals surface area contributed by atoms with E-state index in [1.54, 1.807) is 0 Å². The standard InChI is InChI=1S/C23H41NO4/c1-20(2)18(25)7-10-21(3,28-20)19-15-22(17-27-19)11-13-24(14-12-22)16-23(26)8-5-4-6-9-23/h18-19,25-26H,4-17H2,1-3H3/t18-,19+,21+/m0/s1. The summed E-state index contributed by atoms with van der Waals surface area (Å²) in [6, 6.07) is 0. The van der Waals surface area contributed by atoms with E-state index in [9.17, 15) is 10.2 Å². The minimum Gasteiger partial charge on any atom is -0.390 e. The summed E-state index contributed by atoms with van der Waals surface area (Å²) in [4.78, 5) is 2.49. The first-order valence-corrected chi connectivity index (χ1v) is 11.6. The number of likely N-dealkylation sites (tertiary alicyclic amines) is 1. The SMILES string of the molecule is CC1(C)O[C@@](C)([C@H]2CC3(CCN(CC4(O)CCCCC4)CC3)CO2)CC[C@@H]1O. The van der Waals surface area contributed by atoms with Gasteiger partial charge in [-0.3, -0.25) is 0 Å². The van der Waals surface area contributed by atoms with E-state index in [4.69, 9.17) is 9.47 Å². The normalized spacial score (nSPS) is 40.6. The van der Waals surface area contributed by atoms with Crippen LogP contribution in [0.5, 0.6) is 0 Å². The van der Waals surface area contributed by atoms with Crippen molar-refractivity contribution in [2.75, 3.05) is 26.2 Å². The van der Waals surface area contributed by atoms with E-state index in [1.807, 2.05) is 13.8 Å². The number of piperidine rings is 1. The Labute approximate surface area is 170 Å². The molecule has 5 nitrogen and oxygen atoms in total. The molecule has 28 heavy (non-hydrogen) atoms. The van der Waals surface area contributed by atoms with Gasteiger partial charge in [-0.05, 0) is 84.2 Å². The van der Waals surface area contributed by atoms with Gasteiger partial charge in [-0.15, -0.1) is 0 Å². The van der Waals surface area contributed by atoms with Crippen molar-refractivity contribution in [3.8, 4) is 0 Å². The summed E-state index contributed by atoms with van der Waals surface area (Å²) in [5, 5.41) is 21.1. The van der Waals surface area contributed by atoms with Crippen molar-refractivity contribution in [3.63, 3.8) is 0 Å². The molecule has 0 radical (unpaired) electrons. The van der Waals surface area contributed by atoms with Crippen LogP contribution in [-0.4, -0.2) is 70.4 Å². The molecule has 2 N–H and O–H groups in total. The Bertz CT molecular complexity index is 551. The minimum absolute atomic E-state index is 0.119. The highest BCUT2D eigenvalue weighted by Gasteiger charge is 2.53. The van der Waals surface area contributed by atoms with Gasteiger partial charge in [0.05, 0.1) is 35.6 Å². The molecule has 0 bridgehead atoms. The van der Waals surface area contributed by atoms with Crippen LogP contribution in [-0.2, 0) is 9.47 Å². The van der Waals surface area contributed by atoms with Gasteiger partial charge >= 0.3 is 0 Å². The summed E-state index contributed by atoms with van der Waals surface area (Å²) < 4.78 is 12.8. The molecular formula is C23H41NO4. The van der Waals surface area contributed by atoms with E-state index in [2.05, 4.69) is 11.8 Å². The average molecular weight is 396 g/mol. The molecular weight excluding hydrogens is 354 g/mol. The lowest BCUT2D eigenvalue weighted by Crippen LogP contribution is -2.56. The maximum absolute atomic E-state index is 10.9. The molecule has 0 amide bonds. The molecule has 3 heterocycles. The summed E-state index contributed by atoms with van der Waals surface area (Å²) in [5.74, 6) is 0. The number of hydrogen-bond donors (Lipinski definition) is 2. The number of rotatable bonds is 3. The van der Waals surface area contributed by atoms with Crippen molar-refractivity contribution < 1.29 is 19.7 Å². The van der Waals surface area contributed by atoms with Crippen LogP contribution >= 0.6 is 0 Å². The molecule has 1 aliphatic carbocycles. The molecule has 0 aromatic heterocycles. The fraction of sp³-hybridized carbons (Fsp3) is 1.00. The molecule has 5 heteroatoms. The quantitative estimate of drug-likeness (QED) is 0.768. The molecule has 4 rings (SSSR count). The van der Waals surface area contributed by atoms with Gasteiger partial charge in [-0.1, -0.05) is 19.3 Å². The minimum atomic E-state index is -0.509. The number of aliphatic hydroxyl groups is 2. The molecule has 3 atom stereocenters. The monoisotopic (exact) mass is 395 g/mol. The van der Waals surface area contributed by atoms with Crippen LogP contribution in [0, 0.1) is 5.41 Å². The van der Waals surface area contributed by atoms with Gasteiger partial charge in [0.15, 0.2) is 0 Å². The Morgan fingerprint density at radius 1 is 0.964 bits per heavy atom. The molecule has 0 aromatic carbocycles. The molecule has 0 aromatic rings. The third-order valence-corrected chi connectivity index (χ3v) is 8.32. The first-order valence-electron chi connectivity index (χ1n) is 11.6. The summed E-state index contributed by atoms with van der Waals surface area (Å²) in [7, 11) is 0. The smallest absolute Gasteiger partial charge is 0.0924 e. The molecule has 162 valence electrons. The van der Waals surface area contributed by atoms with Crippen LogP contribution in [0.25, 0.3) is 0 Å². The number of aliphatic hydroxyl groups excluding tert-OH is 1. The first-order chi connectivity index (χ1) is 13.1. The van der Waals surface area contributed by atoms with Crippen molar-refractivity contribution in [1.29, 1.82) is 0 Å². The number of nitrogens with zero attached hydrogens (tertiary/aromatic N) is 1. The van der Waals surface area contributed by atoms with E-state index in [1.165, 1.54) is 19.3 Å². The van der Waals surface area contributed by atoms with Crippen molar-refractivity contribution in [3.05, 3.63) is 0 Å². The van der Waals surface area contributed by atoms with Crippen molar-refractivity contribution in [2.45, 2.75) is 114 Å². The second-order valence-corrected chi connectivity index (χ2v) is 11.1. The topological polar surface area (TPSA) is 62.2 Å². The van der Waals surface area contributed by atoms with Crippen LogP contribution in [0.2, 0.25) is 0 Å². The lowest BCUT2D eigenvalue weighted by Gasteiger charge is -2.49.